The summed E-state index contributed by atoms with van der Waals surface area (Å²) in [6, 6.07) is -0.563. The molecular weight excluding hydrogens is 232 g/mol. The third kappa shape index (κ3) is 4.18. The van der Waals surface area contributed by atoms with Gasteiger partial charge >= 0.3 is 6.03 Å². The van der Waals surface area contributed by atoms with Crippen LogP contribution in [0.15, 0.2) is 0 Å². The SMILES string of the molecule is CCCC1(C(=O)NCCNC(N)=O)CCCNC1. The Kier molecular flexibility index (Phi) is 5.91. The van der Waals surface area contributed by atoms with Crippen molar-refractivity contribution >= 4 is 11.9 Å². The fourth-order valence-electron chi connectivity index (χ4n) is 2.52. The number of nitrogens with one attached hydrogen (secondary N) is 3. The van der Waals surface area contributed by atoms with Crippen LogP contribution >= 0.6 is 0 Å². The highest BCUT2D eigenvalue weighted by Crippen LogP contribution is 2.31. The number of rotatable bonds is 6. The monoisotopic (exact) mass is 256 g/mol. The van der Waals surface area contributed by atoms with Gasteiger partial charge in [-0.3, -0.25) is 4.79 Å². The average Bonchev–Trinajstić information content (AvgIpc) is 2.35. The van der Waals surface area contributed by atoms with Crippen molar-refractivity contribution in [1.82, 2.24) is 16.0 Å². The molecule has 0 saturated carbocycles. The topological polar surface area (TPSA) is 96.2 Å². The number of urea groups is 1. The maximum Gasteiger partial charge on any atom is 0.312 e. The van der Waals surface area contributed by atoms with Crippen LogP contribution in [-0.4, -0.2) is 38.1 Å². The van der Waals surface area contributed by atoms with E-state index in [0.29, 0.717) is 13.1 Å². The van der Waals surface area contributed by atoms with Gasteiger partial charge < -0.3 is 21.7 Å². The molecule has 0 aliphatic carbocycles. The summed E-state index contributed by atoms with van der Waals surface area (Å²) in [5, 5.41) is 8.64. The molecule has 0 bridgehead atoms. The van der Waals surface area contributed by atoms with Gasteiger partial charge in [-0.05, 0) is 25.8 Å². The van der Waals surface area contributed by atoms with Gasteiger partial charge in [-0.25, -0.2) is 4.79 Å². The Balaban J connectivity index is 2.42. The maximum absolute atomic E-state index is 12.3. The van der Waals surface area contributed by atoms with E-state index in [9.17, 15) is 9.59 Å². The zero-order valence-electron chi connectivity index (χ0n) is 11.1. The van der Waals surface area contributed by atoms with E-state index in [1.54, 1.807) is 0 Å². The molecular formula is C12H24N4O2. The molecule has 1 aliphatic heterocycles. The predicted molar refractivity (Wildman–Crippen MR) is 70.0 cm³/mol. The smallest absolute Gasteiger partial charge is 0.312 e. The second-order valence-electron chi connectivity index (χ2n) is 4.86. The van der Waals surface area contributed by atoms with Gasteiger partial charge in [0.25, 0.3) is 0 Å². The van der Waals surface area contributed by atoms with E-state index in [4.69, 9.17) is 5.73 Å². The van der Waals surface area contributed by atoms with Crippen molar-refractivity contribution in [2.75, 3.05) is 26.2 Å². The van der Waals surface area contributed by atoms with Crippen LogP contribution < -0.4 is 21.7 Å². The molecule has 0 spiro atoms. The Morgan fingerprint density at radius 2 is 2.06 bits per heavy atom. The molecule has 6 heteroatoms. The van der Waals surface area contributed by atoms with Gasteiger partial charge in [0.15, 0.2) is 0 Å². The molecule has 0 radical (unpaired) electrons. The first kappa shape index (κ1) is 14.8. The number of nitrogens with two attached hydrogens (primary N) is 1. The van der Waals surface area contributed by atoms with Crippen molar-refractivity contribution in [2.24, 2.45) is 11.1 Å². The highest BCUT2D eigenvalue weighted by atomic mass is 16.2. The van der Waals surface area contributed by atoms with Gasteiger partial charge in [0.05, 0.1) is 5.41 Å². The standard InChI is InChI=1S/C12H24N4O2/c1-2-4-12(5-3-6-14-9-12)10(17)15-7-8-16-11(13)18/h14H,2-9H2,1H3,(H,15,17)(H3,13,16,18). The summed E-state index contributed by atoms with van der Waals surface area (Å²) in [6.07, 6.45) is 3.86. The van der Waals surface area contributed by atoms with E-state index in [-0.39, 0.29) is 11.3 Å². The van der Waals surface area contributed by atoms with Crippen molar-refractivity contribution in [3.63, 3.8) is 0 Å². The summed E-state index contributed by atoms with van der Waals surface area (Å²) < 4.78 is 0. The minimum absolute atomic E-state index is 0.0859. The number of piperidine rings is 1. The Labute approximate surface area is 108 Å². The van der Waals surface area contributed by atoms with Gasteiger partial charge in [0, 0.05) is 19.6 Å². The lowest BCUT2D eigenvalue weighted by atomic mass is 9.76. The fraction of sp³-hybridized carbons (Fsp3) is 0.833. The maximum atomic E-state index is 12.3. The number of carbonyl (C=O) groups excluding carboxylic acids is 2. The van der Waals surface area contributed by atoms with Crippen LogP contribution in [0.25, 0.3) is 0 Å². The number of amides is 3. The molecule has 1 aliphatic rings. The Morgan fingerprint density at radius 3 is 2.61 bits per heavy atom. The van der Waals surface area contributed by atoms with Crippen LogP contribution in [0, 0.1) is 5.41 Å². The summed E-state index contributed by atoms with van der Waals surface area (Å²) in [6.45, 7) is 4.63. The lowest BCUT2D eigenvalue weighted by Crippen LogP contribution is -2.51. The van der Waals surface area contributed by atoms with Crippen LogP contribution in [0.1, 0.15) is 32.6 Å². The van der Waals surface area contributed by atoms with Crippen LogP contribution in [0.2, 0.25) is 0 Å². The van der Waals surface area contributed by atoms with E-state index in [2.05, 4.69) is 22.9 Å². The van der Waals surface area contributed by atoms with E-state index in [0.717, 1.165) is 38.8 Å². The second-order valence-corrected chi connectivity index (χ2v) is 4.86. The minimum Gasteiger partial charge on any atom is -0.354 e. The third-order valence-corrected chi connectivity index (χ3v) is 3.39. The second kappa shape index (κ2) is 7.20. The van der Waals surface area contributed by atoms with Gasteiger partial charge in [-0.1, -0.05) is 13.3 Å². The van der Waals surface area contributed by atoms with Gasteiger partial charge in [0.1, 0.15) is 0 Å². The lowest BCUT2D eigenvalue weighted by Gasteiger charge is -2.36. The number of primary amides is 1. The summed E-state index contributed by atoms with van der Waals surface area (Å²) >= 11 is 0. The molecule has 6 nitrogen and oxygen atoms in total. The fourth-order valence-corrected chi connectivity index (χ4v) is 2.52. The normalized spacial score (nSPS) is 23.4. The largest absolute Gasteiger partial charge is 0.354 e. The molecule has 0 aromatic rings. The molecule has 5 N–H and O–H groups in total. The number of hydrogen-bond donors (Lipinski definition) is 4. The summed E-state index contributed by atoms with van der Waals surface area (Å²) in [7, 11) is 0. The summed E-state index contributed by atoms with van der Waals surface area (Å²) in [5.74, 6) is 0.0859. The van der Waals surface area contributed by atoms with Crippen LogP contribution in [0.3, 0.4) is 0 Å². The Bertz CT molecular complexity index is 282. The van der Waals surface area contributed by atoms with E-state index < -0.39 is 6.03 Å². The molecule has 1 heterocycles. The first-order chi connectivity index (χ1) is 8.60. The molecule has 1 rings (SSSR count). The third-order valence-electron chi connectivity index (χ3n) is 3.39. The van der Waals surface area contributed by atoms with Crippen molar-refractivity contribution < 1.29 is 9.59 Å². The minimum atomic E-state index is -0.563. The highest BCUT2D eigenvalue weighted by molar-refractivity contribution is 5.83. The van der Waals surface area contributed by atoms with E-state index in [1.807, 2.05) is 0 Å². The van der Waals surface area contributed by atoms with Crippen LogP contribution in [0.4, 0.5) is 4.79 Å². The molecule has 104 valence electrons. The van der Waals surface area contributed by atoms with Gasteiger partial charge in [-0.2, -0.15) is 0 Å². The van der Waals surface area contributed by atoms with Crippen molar-refractivity contribution in [1.29, 1.82) is 0 Å². The molecule has 1 saturated heterocycles. The van der Waals surface area contributed by atoms with Crippen LogP contribution in [0.5, 0.6) is 0 Å². The molecule has 0 aromatic heterocycles. The quantitative estimate of drug-likeness (QED) is 0.501. The van der Waals surface area contributed by atoms with E-state index in [1.165, 1.54) is 0 Å². The van der Waals surface area contributed by atoms with Crippen molar-refractivity contribution in [2.45, 2.75) is 32.6 Å². The average molecular weight is 256 g/mol. The molecule has 1 atom stereocenters. The van der Waals surface area contributed by atoms with Crippen LogP contribution in [-0.2, 0) is 4.79 Å². The molecule has 3 amide bonds. The Hall–Kier alpha value is -1.30. The summed E-state index contributed by atoms with van der Waals surface area (Å²) in [4.78, 5) is 22.8. The predicted octanol–water partition coefficient (Wildman–Crippen LogP) is -0.0592. The lowest BCUT2D eigenvalue weighted by molar-refractivity contribution is -0.132. The zero-order valence-corrected chi connectivity index (χ0v) is 11.1. The summed E-state index contributed by atoms with van der Waals surface area (Å²) in [5.41, 5.74) is 4.68. The molecule has 0 aromatic carbocycles. The number of carbonyl (C=O) groups is 2. The molecule has 1 unspecified atom stereocenters. The van der Waals surface area contributed by atoms with Gasteiger partial charge in [-0.15, -0.1) is 0 Å². The first-order valence-corrected chi connectivity index (χ1v) is 6.63. The highest BCUT2D eigenvalue weighted by Gasteiger charge is 2.38. The Morgan fingerprint density at radius 1 is 1.33 bits per heavy atom. The van der Waals surface area contributed by atoms with Gasteiger partial charge in [0.2, 0.25) is 5.91 Å². The molecule has 18 heavy (non-hydrogen) atoms. The van der Waals surface area contributed by atoms with Crippen molar-refractivity contribution in [3.8, 4) is 0 Å². The number of hydrogen-bond acceptors (Lipinski definition) is 3. The van der Waals surface area contributed by atoms with Crippen molar-refractivity contribution in [3.05, 3.63) is 0 Å². The van der Waals surface area contributed by atoms with E-state index >= 15 is 0 Å². The first-order valence-electron chi connectivity index (χ1n) is 6.63. The zero-order chi connectivity index (χ0) is 13.4. The molecule has 1 fully saturated rings.